The van der Waals surface area contributed by atoms with Crippen LogP contribution in [0.4, 0.5) is 4.79 Å². The zero-order valence-electron chi connectivity index (χ0n) is 14.8. The summed E-state index contributed by atoms with van der Waals surface area (Å²) in [5.74, 6) is 0.222. The number of aliphatic hydroxyl groups excluding tert-OH is 1. The molecule has 0 bridgehead atoms. The van der Waals surface area contributed by atoms with Gasteiger partial charge < -0.3 is 20.1 Å². The number of hydrogen-bond donors (Lipinski definition) is 2. The van der Waals surface area contributed by atoms with E-state index in [1.807, 2.05) is 35.2 Å². The van der Waals surface area contributed by atoms with E-state index in [4.69, 9.17) is 4.74 Å². The molecule has 138 valence electrons. The molecule has 2 heterocycles. The van der Waals surface area contributed by atoms with Crippen LogP contribution in [0.5, 0.6) is 0 Å². The Bertz CT molecular complexity index is 526. The molecular formula is C19H29N3O3. The van der Waals surface area contributed by atoms with Gasteiger partial charge in [0.2, 0.25) is 0 Å². The molecule has 0 aliphatic carbocycles. The number of aliphatic hydroxyl groups is 1. The van der Waals surface area contributed by atoms with Crippen molar-refractivity contribution in [2.24, 2.45) is 5.92 Å². The molecule has 1 aromatic carbocycles. The minimum Gasteiger partial charge on any atom is -0.388 e. The van der Waals surface area contributed by atoms with E-state index in [2.05, 4.69) is 10.2 Å². The first-order valence-electron chi connectivity index (χ1n) is 9.30. The first-order chi connectivity index (χ1) is 12.2. The van der Waals surface area contributed by atoms with Gasteiger partial charge in [-0.15, -0.1) is 0 Å². The number of carbonyl (C=O) groups is 1. The molecular weight excluding hydrogens is 318 g/mol. The number of amides is 2. The van der Waals surface area contributed by atoms with Crippen molar-refractivity contribution in [1.29, 1.82) is 0 Å². The quantitative estimate of drug-likeness (QED) is 0.847. The highest BCUT2D eigenvalue weighted by molar-refractivity contribution is 5.74. The fourth-order valence-corrected chi connectivity index (χ4v) is 3.60. The van der Waals surface area contributed by atoms with Crippen molar-refractivity contribution in [3.63, 3.8) is 0 Å². The van der Waals surface area contributed by atoms with Crippen LogP contribution in [0, 0.1) is 5.92 Å². The second-order valence-electron chi connectivity index (χ2n) is 6.87. The van der Waals surface area contributed by atoms with Crippen LogP contribution in [0.15, 0.2) is 30.3 Å². The van der Waals surface area contributed by atoms with Gasteiger partial charge in [0.05, 0.1) is 19.3 Å². The zero-order chi connectivity index (χ0) is 17.5. The number of carbonyl (C=O) groups excluding carboxylic acids is 1. The molecule has 1 unspecified atom stereocenters. The molecule has 0 aromatic heterocycles. The largest absolute Gasteiger partial charge is 0.388 e. The van der Waals surface area contributed by atoms with Gasteiger partial charge in [-0.2, -0.15) is 0 Å². The normalized spacial score (nSPS) is 21.1. The number of piperidine rings is 1. The lowest BCUT2D eigenvalue weighted by Gasteiger charge is -2.34. The zero-order valence-corrected chi connectivity index (χ0v) is 14.8. The van der Waals surface area contributed by atoms with E-state index in [0.717, 1.165) is 51.3 Å². The predicted octanol–water partition coefficient (Wildman–Crippen LogP) is 1.47. The Morgan fingerprint density at radius 2 is 1.84 bits per heavy atom. The third kappa shape index (κ3) is 5.17. The highest BCUT2D eigenvalue weighted by Crippen LogP contribution is 2.30. The average Bonchev–Trinajstić information content (AvgIpc) is 2.69. The first kappa shape index (κ1) is 18.2. The van der Waals surface area contributed by atoms with Gasteiger partial charge in [-0.3, -0.25) is 4.90 Å². The van der Waals surface area contributed by atoms with Crippen LogP contribution >= 0.6 is 0 Å². The highest BCUT2D eigenvalue weighted by Gasteiger charge is 2.28. The lowest BCUT2D eigenvalue weighted by Crippen LogP contribution is -2.47. The smallest absolute Gasteiger partial charge is 0.317 e. The molecule has 1 aromatic rings. The second kappa shape index (κ2) is 9.17. The van der Waals surface area contributed by atoms with Crippen molar-refractivity contribution in [1.82, 2.24) is 15.1 Å². The van der Waals surface area contributed by atoms with E-state index in [9.17, 15) is 9.90 Å². The van der Waals surface area contributed by atoms with Crippen LogP contribution in [-0.4, -0.2) is 73.4 Å². The van der Waals surface area contributed by atoms with Gasteiger partial charge in [0.1, 0.15) is 0 Å². The molecule has 2 aliphatic heterocycles. The monoisotopic (exact) mass is 347 g/mol. The number of likely N-dealkylation sites (tertiary alicyclic amines) is 1. The number of nitrogens with one attached hydrogen (secondary N) is 1. The van der Waals surface area contributed by atoms with Gasteiger partial charge in [-0.25, -0.2) is 4.79 Å². The molecule has 1 atom stereocenters. The molecule has 3 rings (SSSR count). The first-order valence-corrected chi connectivity index (χ1v) is 9.30. The fourth-order valence-electron chi connectivity index (χ4n) is 3.60. The second-order valence-corrected chi connectivity index (χ2v) is 6.87. The van der Waals surface area contributed by atoms with Crippen molar-refractivity contribution in [2.75, 3.05) is 52.5 Å². The van der Waals surface area contributed by atoms with Crippen molar-refractivity contribution in [3.05, 3.63) is 35.9 Å². The Balaban J connectivity index is 1.37. The lowest BCUT2D eigenvalue weighted by atomic mass is 9.87. The molecule has 0 saturated carbocycles. The van der Waals surface area contributed by atoms with Gasteiger partial charge >= 0.3 is 6.03 Å². The summed E-state index contributed by atoms with van der Waals surface area (Å²) >= 11 is 0. The molecule has 6 heteroatoms. The minimum atomic E-state index is -0.437. The molecule has 2 saturated heterocycles. The molecule has 6 nitrogen and oxygen atoms in total. The van der Waals surface area contributed by atoms with Crippen molar-refractivity contribution >= 4 is 6.03 Å². The number of urea groups is 1. The SMILES string of the molecule is O=C(NCCN1CCOCC1)N1CCC(C(O)c2ccccc2)CC1. The predicted molar refractivity (Wildman–Crippen MR) is 96.4 cm³/mol. The van der Waals surface area contributed by atoms with E-state index in [1.54, 1.807) is 0 Å². The van der Waals surface area contributed by atoms with Crippen LogP contribution in [0.1, 0.15) is 24.5 Å². The third-order valence-corrected chi connectivity index (χ3v) is 5.22. The molecule has 2 fully saturated rings. The molecule has 0 spiro atoms. The summed E-state index contributed by atoms with van der Waals surface area (Å²) in [5.41, 5.74) is 0.968. The van der Waals surface area contributed by atoms with Gasteiger partial charge in [-0.1, -0.05) is 30.3 Å². The maximum absolute atomic E-state index is 12.3. The lowest BCUT2D eigenvalue weighted by molar-refractivity contribution is 0.0383. The van der Waals surface area contributed by atoms with Gasteiger partial charge in [0.15, 0.2) is 0 Å². The molecule has 2 aliphatic rings. The van der Waals surface area contributed by atoms with Crippen molar-refractivity contribution < 1.29 is 14.6 Å². The van der Waals surface area contributed by atoms with Crippen molar-refractivity contribution in [3.8, 4) is 0 Å². The van der Waals surface area contributed by atoms with E-state index in [0.29, 0.717) is 19.6 Å². The van der Waals surface area contributed by atoms with Gasteiger partial charge in [0, 0.05) is 39.3 Å². The Morgan fingerprint density at radius 1 is 1.16 bits per heavy atom. The summed E-state index contributed by atoms with van der Waals surface area (Å²) in [7, 11) is 0. The molecule has 0 radical (unpaired) electrons. The third-order valence-electron chi connectivity index (χ3n) is 5.22. The van der Waals surface area contributed by atoms with E-state index >= 15 is 0 Å². The molecule has 2 N–H and O–H groups in total. The van der Waals surface area contributed by atoms with Crippen LogP contribution in [0.3, 0.4) is 0 Å². The summed E-state index contributed by atoms with van der Waals surface area (Å²) < 4.78 is 5.33. The highest BCUT2D eigenvalue weighted by atomic mass is 16.5. The van der Waals surface area contributed by atoms with Crippen LogP contribution in [0.25, 0.3) is 0 Å². The van der Waals surface area contributed by atoms with E-state index in [1.165, 1.54) is 0 Å². The Hall–Kier alpha value is -1.63. The van der Waals surface area contributed by atoms with Gasteiger partial charge in [0.25, 0.3) is 0 Å². The number of ether oxygens (including phenoxy) is 1. The van der Waals surface area contributed by atoms with Gasteiger partial charge in [-0.05, 0) is 24.3 Å². The Kier molecular flexibility index (Phi) is 6.67. The van der Waals surface area contributed by atoms with E-state index < -0.39 is 6.10 Å². The Morgan fingerprint density at radius 3 is 2.52 bits per heavy atom. The summed E-state index contributed by atoms with van der Waals surface area (Å²) in [6, 6.07) is 9.82. The van der Waals surface area contributed by atoms with E-state index in [-0.39, 0.29) is 11.9 Å². The van der Waals surface area contributed by atoms with Crippen LogP contribution < -0.4 is 5.32 Å². The summed E-state index contributed by atoms with van der Waals surface area (Å²) in [4.78, 5) is 16.5. The standard InChI is InChI=1S/C19H29N3O3/c23-18(16-4-2-1-3-5-16)17-6-9-22(10-7-17)19(24)20-8-11-21-12-14-25-15-13-21/h1-5,17-18,23H,6-15H2,(H,20,24). The maximum Gasteiger partial charge on any atom is 0.317 e. The average molecular weight is 347 g/mol. The fraction of sp³-hybridized carbons (Fsp3) is 0.632. The number of morpholine rings is 1. The number of benzene rings is 1. The maximum atomic E-state index is 12.3. The van der Waals surface area contributed by atoms with Crippen LogP contribution in [0.2, 0.25) is 0 Å². The Labute approximate surface area is 149 Å². The summed E-state index contributed by atoms with van der Waals surface area (Å²) in [6.45, 7) is 6.41. The molecule has 25 heavy (non-hydrogen) atoms. The summed E-state index contributed by atoms with van der Waals surface area (Å²) in [5, 5.41) is 13.5. The minimum absolute atomic E-state index is 0.0147. The number of hydrogen-bond acceptors (Lipinski definition) is 4. The number of rotatable bonds is 5. The van der Waals surface area contributed by atoms with Crippen molar-refractivity contribution in [2.45, 2.75) is 18.9 Å². The molecule has 2 amide bonds. The summed E-state index contributed by atoms with van der Waals surface area (Å²) in [6.07, 6.45) is 1.24. The van der Waals surface area contributed by atoms with Crippen LogP contribution in [-0.2, 0) is 4.74 Å². The number of nitrogens with zero attached hydrogens (tertiary/aromatic N) is 2. The topological polar surface area (TPSA) is 65.0 Å².